The van der Waals surface area contributed by atoms with Crippen LogP contribution in [0.4, 0.5) is 16.2 Å². The number of hydrogen-bond acceptors (Lipinski definition) is 3. The van der Waals surface area contributed by atoms with E-state index < -0.39 is 6.03 Å². The zero-order chi connectivity index (χ0) is 9.84. The largest absolute Gasteiger partial charge is 0.351 e. The van der Waals surface area contributed by atoms with Crippen LogP contribution in [0.2, 0.25) is 0 Å². The number of nitrogens with zero attached hydrogens (tertiary/aromatic N) is 1. The maximum absolute atomic E-state index is 10.5. The number of aryl methyl sites for hydroxylation is 1. The first kappa shape index (κ1) is 9.18. The summed E-state index contributed by atoms with van der Waals surface area (Å²) < 4.78 is 0. The summed E-state index contributed by atoms with van der Waals surface area (Å²) in [5, 5.41) is 5.13. The minimum absolute atomic E-state index is 0.259. The molecule has 0 aromatic heterocycles. The van der Waals surface area contributed by atoms with Crippen molar-refractivity contribution in [2.75, 3.05) is 5.32 Å². The third kappa shape index (κ3) is 2.26. The van der Waals surface area contributed by atoms with Crippen LogP contribution in [0.5, 0.6) is 0 Å². The van der Waals surface area contributed by atoms with E-state index in [4.69, 9.17) is 5.73 Å². The SMILES string of the molecule is Cc1ccc(N=O)cc1NC(N)=O. The average molecular weight is 179 g/mol. The Kier molecular flexibility index (Phi) is 2.59. The van der Waals surface area contributed by atoms with Crippen LogP contribution >= 0.6 is 0 Å². The molecule has 0 aliphatic rings. The molecule has 0 heterocycles. The molecule has 68 valence electrons. The summed E-state index contributed by atoms with van der Waals surface area (Å²) in [7, 11) is 0. The first-order valence-electron chi connectivity index (χ1n) is 3.64. The first-order valence-corrected chi connectivity index (χ1v) is 3.64. The minimum atomic E-state index is -0.661. The maximum Gasteiger partial charge on any atom is 0.316 e. The Bertz CT molecular complexity index is 349. The Labute approximate surface area is 74.9 Å². The van der Waals surface area contributed by atoms with Crippen LogP contribution < -0.4 is 11.1 Å². The molecule has 0 saturated heterocycles. The van der Waals surface area contributed by atoms with Gasteiger partial charge >= 0.3 is 6.03 Å². The number of hydrogen-bond donors (Lipinski definition) is 2. The number of amides is 2. The molecule has 5 nitrogen and oxygen atoms in total. The van der Waals surface area contributed by atoms with Crippen molar-refractivity contribution in [1.82, 2.24) is 0 Å². The summed E-state index contributed by atoms with van der Waals surface area (Å²) in [4.78, 5) is 20.7. The molecule has 3 N–H and O–H groups in total. The fourth-order valence-electron chi connectivity index (χ4n) is 0.934. The highest BCUT2D eigenvalue weighted by molar-refractivity contribution is 5.89. The molecule has 0 aliphatic heterocycles. The average Bonchev–Trinajstić information content (AvgIpc) is 2.08. The fraction of sp³-hybridized carbons (Fsp3) is 0.125. The topological polar surface area (TPSA) is 84.6 Å². The number of rotatable bonds is 2. The quantitative estimate of drug-likeness (QED) is 0.679. The summed E-state index contributed by atoms with van der Waals surface area (Å²) in [5.41, 5.74) is 6.51. The van der Waals surface area contributed by atoms with Crippen LogP contribution in [-0.2, 0) is 0 Å². The van der Waals surface area contributed by atoms with E-state index in [0.29, 0.717) is 5.69 Å². The maximum atomic E-state index is 10.5. The van der Waals surface area contributed by atoms with E-state index in [1.54, 1.807) is 19.1 Å². The Morgan fingerprint density at radius 2 is 2.23 bits per heavy atom. The normalized spacial score (nSPS) is 9.31. The molecule has 13 heavy (non-hydrogen) atoms. The van der Waals surface area contributed by atoms with Gasteiger partial charge in [0.1, 0.15) is 5.69 Å². The van der Waals surface area contributed by atoms with Gasteiger partial charge < -0.3 is 11.1 Å². The van der Waals surface area contributed by atoms with Gasteiger partial charge in [-0.3, -0.25) is 0 Å². The van der Waals surface area contributed by atoms with E-state index in [-0.39, 0.29) is 5.69 Å². The molecule has 1 aromatic rings. The third-order valence-corrected chi connectivity index (χ3v) is 1.58. The van der Waals surface area contributed by atoms with Gasteiger partial charge in [-0.1, -0.05) is 6.07 Å². The predicted octanol–water partition coefficient (Wildman–Crippen LogP) is 1.88. The van der Waals surface area contributed by atoms with Gasteiger partial charge in [0, 0.05) is 5.69 Å². The highest BCUT2D eigenvalue weighted by Crippen LogP contribution is 2.21. The summed E-state index contributed by atoms with van der Waals surface area (Å²) in [5.74, 6) is 0. The Morgan fingerprint density at radius 3 is 2.77 bits per heavy atom. The molecule has 0 spiro atoms. The number of nitrogens with one attached hydrogen (secondary N) is 1. The van der Waals surface area contributed by atoms with E-state index in [1.807, 2.05) is 0 Å². The number of nitroso groups, excluding NO2 is 1. The summed E-state index contributed by atoms with van der Waals surface area (Å²) in [6.07, 6.45) is 0. The number of nitrogens with two attached hydrogens (primary N) is 1. The van der Waals surface area contributed by atoms with E-state index in [0.717, 1.165) is 5.56 Å². The van der Waals surface area contributed by atoms with Crippen molar-refractivity contribution in [3.8, 4) is 0 Å². The summed E-state index contributed by atoms with van der Waals surface area (Å²) >= 11 is 0. The highest BCUT2D eigenvalue weighted by Gasteiger charge is 2.01. The second kappa shape index (κ2) is 3.66. The van der Waals surface area contributed by atoms with Crippen LogP contribution in [0.15, 0.2) is 23.4 Å². The van der Waals surface area contributed by atoms with E-state index in [9.17, 15) is 9.70 Å². The van der Waals surface area contributed by atoms with Crippen molar-refractivity contribution in [2.45, 2.75) is 6.92 Å². The van der Waals surface area contributed by atoms with Gasteiger partial charge in [-0.2, -0.15) is 0 Å². The van der Waals surface area contributed by atoms with Crippen molar-refractivity contribution < 1.29 is 4.79 Å². The van der Waals surface area contributed by atoms with Crippen molar-refractivity contribution in [3.63, 3.8) is 0 Å². The molecule has 0 bridgehead atoms. The number of primary amides is 1. The van der Waals surface area contributed by atoms with Gasteiger partial charge in [0.15, 0.2) is 0 Å². The fourth-order valence-corrected chi connectivity index (χ4v) is 0.934. The molecule has 1 aromatic carbocycles. The van der Waals surface area contributed by atoms with Crippen LogP contribution in [0.3, 0.4) is 0 Å². The molecule has 1 rings (SSSR count). The number of benzene rings is 1. The molecule has 2 amide bonds. The second-order valence-electron chi connectivity index (χ2n) is 2.58. The lowest BCUT2D eigenvalue weighted by Crippen LogP contribution is -2.19. The minimum Gasteiger partial charge on any atom is -0.351 e. The lowest BCUT2D eigenvalue weighted by Gasteiger charge is -2.05. The van der Waals surface area contributed by atoms with Crippen LogP contribution in [-0.4, -0.2) is 6.03 Å². The Hall–Kier alpha value is -1.91. The second-order valence-corrected chi connectivity index (χ2v) is 2.58. The monoisotopic (exact) mass is 179 g/mol. The summed E-state index contributed by atoms with van der Waals surface area (Å²) in [6.45, 7) is 1.79. The molecule has 0 fully saturated rings. The van der Waals surface area contributed by atoms with Crippen molar-refractivity contribution in [2.24, 2.45) is 10.9 Å². The Balaban J connectivity index is 3.03. The van der Waals surface area contributed by atoms with E-state index >= 15 is 0 Å². The molecular formula is C8H9N3O2. The Morgan fingerprint density at radius 1 is 1.54 bits per heavy atom. The molecular weight excluding hydrogens is 170 g/mol. The molecule has 0 atom stereocenters. The smallest absolute Gasteiger partial charge is 0.316 e. The number of urea groups is 1. The van der Waals surface area contributed by atoms with Crippen LogP contribution in [0, 0.1) is 11.8 Å². The molecule has 0 saturated carbocycles. The van der Waals surface area contributed by atoms with E-state index in [1.165, 1.54) is 6.07 Å². The number of carbonyl (C=O) groups is 1. The van der Waals surface area contributed by atoms with Gasteiger partial charge in [0.2, 0.25) is 0 Å². The van der Waals surface area contributed by atoms with E-state index in [2.05, 4.69) is 10.5 Å². The molecule has 0 aliphatic carbocycles. The van der Waals surface area contributed by atoms with Crippen molar-refractivity contribution >= 4 is 17.4 Å². The lowest BCUT2D eigenvalue weighted by atomic mass is 10.2. The third-order valence-electron chi connectivity index (χ3n) is 1.58. The van der Waals surface area contributed by atoms with Crippen LogP contribution in [0.1, 0.15) is 5.56 Å². The zero-order valence-electron chi connectivity index (χ0n) is 7.07. The number of anilines is 1. The summed E-state index contributed by atoms with van der Waals surface area (Å²) in [6, 6.07) is 4.05. The standard InChI is InChI=1S/C8H9N3O2/c1-5-2-3-6(11-13)4-7(5)10-8(9)12/h2-4H,1H3,(H3,9,10,12). The molecule has 0 unspecified atom stereocenters. The van der Waals surface area contributed by atoms with Crippen LogP contribution in [0.25, 0.3) is 0 Å². The van der Waals surface area contributed by atoms with Crippen molar-refractivity contribution in [1.29, 1.82) is 0 Å². The zero-order valence-corrected chi connectivity index (χ0v) is 7.07. The lowest BCUT2D eigenvalue weighted by molar-refractivity contribution is 0.259. The molecule has 5 heteroatoms. The highest BCUT2D eigenvalue weighted by atomic mass is 16.3. The van der Waals surface area contributed by atoms with Gasteiger partial charge in [-0.15, -0.1) is 4.91 Å². The molecule has 0 radical (unpaired) electrons. The van der Waals surface area contributed by atoms with Gasteiger partial charge in [0.25, 0.3) is 0 Å². The number of carbonyl (C=O) groups excluding carboxylic acids is 1. The predicted molar refractivity (Wildman–Crippen MR) is 49.8 cm³/mol. The van der Waals surface area contributed by atoms with Gasteiger partial charge in [0.05, 0.1) is 0 Å². The van der Waals surface area contributed by atoms with Gasteiger partial charge in [-0.25, -0.2) is 4.79 Å². The van der Waals surface area contributed by atoms with Crippen molar-refractivity contribution in [3.05, 3.63) is 28.7 Å². The first-order chi connectivity index (χ1) is 6.13. The van der Waals surface area contributed by atoms with Gasteiger partial charge in [-0.05, 0) is 29.8 Å².